The number of nitrogens with zero attached hydrogens (tertiary/aromatic N) is 1. The van der Waals surface area contributed by atoms with Gasteiger partial charge in [-0.25, -0.2) is 0 Å². The van der Waals surface area contributed by atoms with Gasteiger partial charge in [0, 0.05) is 26.3 Å². The first-order valence-electron chi connectivity index (χ1n) is 10.1. The third kappa shape index (κ3) is 7.95. The predicted octanol–water partition coefficient (Wildman–Crippen LogP) is 2.62. The van der Waals surface area contributed by atoms with Gasteiger partial charge >= 0.3 is 0 Å². The lowest BCUT2D eigenvalue weighted by atomic mass is 9.91. The zero-order valence-corrected chi connectivity index (χ0v) is 18.8. The van der Waals surface area contributed by atoms with Crippen LogP contribution >= 0.6 is 24.8 Å². The number of rotatable bonds is 7. The van der Waals surface area contributed by atoms with Gasteiger partial charge in [-0.05, 0) is 68.3 Å². The Morgan fingerprint density at radius 2 is 1.79 bits per heavy atom. The number of hydrogen-bond acceptors (Lipinski definition) is 5. The normalized spacial score (nSPS) is 19.5. The molecule has 0 bridgehead atoms. The van der Waals surface area contributed by atoms with Gasteiger partial charge in [0.2, 0.25) is 5.91 Å². The van der Waals surface area contributed by atoms with E-state index in [1.165, 1.54) is 5.56 Å². The van der Waals surface area contributed by atoms with Gasteiger partial charge in [0.25, 0.3) is 0 Å². The number of likely N-dealkylation sites (tertiary alicyclic amines) is 1. The van der Waals surface area contributed by atoms with E-state index < -0.39 is 6.04 Å². The summed E-state index contributed by atoms with van der Waals surface area (Å²) >= 11 is 0. The van der Waals surface area contributed by atoms with Crippen molar-refractivity contribution in [3.05, 3.63) is 29.8 Å². The minimum atomic E-state index is -0.399. The van der Waals surface area contributed by atoms with Gasteiger partial charge in [0.05, 0.1) is 13.2 Å². The summed E-state index contributed by atoms with van der Waals surface area (Å²) in [6.45, 7) is 5.29. The first kappa shape index (κ1) is 26.0. The lowest BCUT2D eigenvalue weighted by Gasteiger charge is -2.32. The fourth-order valence-electron chi connectivity index (χ4n) is 3.99. The Morgan fingerprint density at radius 1 is 1.17 bits per heavy atom. The van der Waals surface area contributed by atoms with Crippen LogP contribution in [0.5, 0.6) is 5.75 Å². The van der Waals surface area contributed by atoms with E-state index in [0.717, 1.165) is 70.8 Å². The van der Waals surface area contributed by atoms with Crippen LogP contribution in [0.1, 0.15) is 31.2 Å². The minimum absolute atomic E-state index is 0. The molecule has 2 aliphatic rings. The summed E-state index contributed by atoms with van der Waals surface area (Å²) in [4.78, 5) is 14.8. The molecular weight excluding hydrogens is 413 g/mol. The standard InChI is InChI=1S/C21H33N3O3.2ClH/c1-26-19-4-2-17(3-5-19)15-24-10-6-16(7-11-24)14-23-21(25)20(22)18-8-12-27-13-9-18;;/h2-5,16,18,20H,6-15,22H2,1H3,(H,23,25);2*1H. The maximum atomic E-state index is 12.3. The van der Waals surface area contributed by atoms with Gasteiger partial charge < -0.3 is 20.5 Å². The van der Waals surface area contributed by atoms with Crippen molar-refractivity contribution in [2.24, 2.45) is 17.6 Å². The molecule has 8 heteroatoms. The maximum absolute atomic E-state index is 12.3. The molecule has 166 valence electrons. The predicted molar refractivity (Wildman–Crippen MR) is 120 cm³/mol. The molecule has 2 aliphatic heterocycles. The third-order valence-corrected chi connectivity index (χ3v) is 5.91. The number of benzene rings is 1. The number of carbonyl (C=O) groups is 1. The van der Waals surface area contributed by atoms with Crippen molar-refractivity contribution < 1.29 is 14.3 Å². The highest BCUT2D eigenvalue weighted by atomic mass is 35.5. The molecule has 3 rings (SSSR count). The van der Waals surface area contributed by atoms with Crippen LogP contribution in [0.4, 0.5) is 0 Å². The molecule has 0 aromatic heterocycles. The number of nitrogens with two attached hydrogens (primary N) is 1. The molecule has 0 saturated carbocycles. The molecule has 29 heavy (non-hydrogen) atoms. The van der Waals surface area contributed by atoms with E-state index in [1.807, 2.05) is 12.1 Å². The first-order chi connectivity index (χ1) is 13.2. The molecule has 2 saturated heterocycles. The number of amides is 1. The van der Waals surface area contributed by atoms with E-state index in [9.17, 15) is 4.79 Å². The van der Waals surface area contributed by atoms with E-state index in [0.29, 0.717) is 5.92 Å². The number of methoxy groups -OCH3 is 1. The molecule has 1 aromatic rings. The molecule has 6 nitrogen and oxygen atoms in total. The molecule has 1 aromatic carbocycles. The van der Waals surface area contributed by atoms with E-state index in [4.69, 9.17) is 15.2 Å². The Hall–Kier alpha value is -1.05. The molecule has 1 amide bonds. The van der Waals surface area contributed by atoms with Crippen LogP contribution in [0.15, 0.2) is 24.3 Å². The second-order valence-electron chi connectivity index (χ2n) is 7.79. The van der Waals surface area contributed by atoms with Crippen molar-refractivity contribution in [3.63, 3.8) is 0 Å². The Labute approximate surface area is 186 Å². The minimum Gasteiger partial charge on any atom is -0.497 e. The first-order valence-corrected chi connectivity index (χ1v) is 10.1. The van der Waals surface area contributed by atoms with E-state index in [-0.39, 0.29) is 36.6 Å². The van der Waals surface area contributed by atoms with Crippen molar-refractivity contribution in [3.8, 4) is 5.75 Å². The summed E-state index contributed by atoms with van der Waals surface area (Å²) in [6, 6.07) is 7.88. The van der Waals surface area contributed by atoms with Crippen LogP contribution < -0.4 is 15.8 Å². The molecule has 3 N–H and O–H groups in total. The van der Waals surface area contributed by atoms with E-state index >= 15 is 0 Å². The van der Waals surface area contributed by atoms with E-state index in [1.54, 1.807) is 7.11 Å². The topological polar surface area (TPSA) is 76.8 Å². The Bertz CT molecular complexity index is 589. The molecule has 1 unspecified atom stereocenters. The quantitative estimate of drug-likeness (QED) is 0.671. The highest BCUT2D eigenvalue weighted by Gasteiger charge is 2.27. The van der Waals surface area contributed by atoms with Crippen molar-refractivity contribution in [1.82, 2.24) is 10.2 Å². The summed E-state index contributed by atoms with van der Waals surface area (Å²) < 4.78 is 10.6. The van der Waals surface area contributed by atoms with Gasteiger partial charge in [-0.1, -0.05) is 12.1 Å². The summed E-state index contributed by atoms with van der Waals surface area (Å²) in [7, 11) is 1.69. The Balaban J connectivity index is 0.00000210. The Morgan fingerprint density at radius 3 is 2.38 bits per heavy atom. The largest absolute Gasteiger partial charge is 0.497 e. The summed E-state index contributed by atoms with van der Waals surface area (Å²) in [5.41, 5.74) is 7.46. The SMILES string of the molecule is COc1ccc(CN2CCC(CNC(=O)C(N)C3CCOCC3)CC2)cc1.Cl.Cl. The maximum Gasteiger partial charge on any atom is 0.237 e. The average molecular weight is 448 g/mol. The summed E-state index contributed by atoms with van der Waals surface area (Å²) in [5.74, 6) is 1.70. The smallest absolute Gasteiger partial charge is 0.237 e. The van der Waals surface area contributed by atoms with Crippen LogP contribution in [0.25, 0.3) is 0 Å². The molecule has 2 heterocycles. The lowest BCUT2D eigenvalue weighted by Crippen LogP contribution is -2.48. The van der Waals surface area contributed by atoms with E-state index in [2.05, 4.69) is 22.3 Å². The van der Waals surface area contributed by atoms with Crippen molar-refractivity contribution in [1.29, 1.82) is 0 Å². The van der Waals surface area contributed by atoms with Crippen molar-refractivity contribution in [2.75, 3.05) is 40.0 Å². The third-order valence-electron chi connectivity index (χ3n) is 5.91. The van der Waals surface area contributed by atoms with Crippen LogP contribution in [-0.4, -0.2) is 56.8 Å². The van der Waals surface area contributed by atoms with Crippen LogP contribution in [0.2, 0.25) is 0 Å². The molecular formula is C21H35Cl2N3O3. The Kier molecular flexibility index (Phi) is 11.9. The fraction of sp³-hybridized carbons (Fsp3) is 0.667. The highest BCUT2D eigenvalue weighted by Crippen LogP contribution is 2.21. The number of carbonyl (C=O) groups excluding carboxylic acids is 1. The number of halogens is 2. The summed E-state index contributed by atoms with van der Waals surface area (Å²) in [6.07, 6.45) is 4.00. The number of nitrogens with one attached hydrogen (secondary N) is 1. The van der Waals surface area contributed by atoms with Gasteiger partial charge in [0.1, 0.15) is 5.75 Å². The zero-order chi connectivity index (χ0) is 19.1. The van der Waals surface area contributed by atoms with Crippen molar-refractivity contribution >= 4 is 30.7 Å². The molecule has 0 aliphatic carbocycles. The van der Waals surface area contributed by atoms with Gasteiger partial charge in [-0.2, -0.15) is 0 Å². The highest BCUT2D eigenvalue weighted by molar-refractivity contribution is 5.85. The van der Waals surface area contributed by atoms with Gasteiger partial charge in [0.15, 0.2) is 0 Å². The fourth-order valence-corrected chi connectivity index (χ4v) is 3.99. The second kappa shape index (κ2) is 13.3. The molecule has 2 fully saturated rings. The molecule has 0 radical (unpaired) electrons. The molecule has 0 spiro atoms. The van der Waals surface area contributed by atoms with Gasteiger partial charge in [-0.3, -0.25) is 9.69 Å². The van der Waals surface area contributed by atoms with Crippen LogP contribution in [-0.2, 0) is 16.1 Å². The number of ether oxygens (including phenoxy) is 2. The number of piperidine rings is 1. The zero-order valence-electron chi connectivity index (χ0n) is 17.2. The second-order valence-corrected chi connectivity index (χ2v) is 7.79. The van der Waals surface area contributed by atoms with Crippen LogP contribution in [0, 0.1) is 11.8 Å². The van der Waals surface area contributed by atoms with Gasteiger partial charge in [-0.15, -0.1) is 24.8 Å². The monoisotopic (exact) mass is 447 g/mol. The summed E-state index contributed by atoms with van der Waals surface area (Å²) in [5, 5.41) is 3.09. The average Bonchev–Trinajstić information content (AvgIpc) is 2.73. The molecule has 1 atom stereocenters. The van der Waals surface area contributed by atoms with Crippen molar-refractivity contribution in [2.45, 2.75) is 38.3 Å². The lowest BCUT2D eigenvalue weighted by molar-refractivity contribution is -0.124. The van der Waals surface area contributed by atoms with Crippen LogP contribution in [0.3, 0.4) is 0 Å². The number of hydrogen-bond donors (Lipinski definition) is 2.